The van der Waals surface area contributed by atoms with Crippen molar-refractivity contribution < 1.29 is 9.50 Å². The quantitative estimate of drug-likeness (QED) is 0.780. The lowest BCUT2D eigenvalue weighted by molar-refractivity contribution is 0.174. The van der Waals surface area contributed by atoms with Crippen molar-refractivity contribution in [2.75, 3.05) is 0 Å². The molecule has 1 atom stereocenters. The third kappa shape index (κ3) is 3.95. The van der Waals surface area contributed by atoms with Gasteiger partial charge in [-0.15, -0.1) is 0 Å². The van der Waals surface area contributed by atoms with E-state index in [9.17, 15) is 9.50 Å². The van der Waals surface area contributed by atoms with Crippen LogP contribution in [0.15, 0.2) is 30.4 Å². The Balaban J connectivity index is 2.62. The molecule has 0 fully saturated rings. The van der Waals surface area contributed by atoms with Crippen LogP contribution in [0.25, 0.3) is 0 Å². The second-order valence-corrected chi connectivity index (χ2v) is 4.31. The average molecular weight is 243 g/mol. The fourth-order valence-electron chi connectivity index (χ4n) is 1.49. The van der Waals surface area contributed by atoms with Gasteiger partial charge in [-0.05, 0) is 30.5 Å². The minimum absolute atomic E-state index is 0.360. The van der Waals surface area contributed by atoms with E-state index in [1.54, 1.807) is 6.07 Å². The van der Waals surface area contributed by atoms with Gasteiger partial charge in [0.2, 0.25) is 0 Å². The molecule has 0 aliphatic rings. The summed E-state index contributed by atoms with van der Waals surface area (Å²) in [5.41, 5.74) is 1.77. The van der Waals surface area contributed by atoms with Crippen molar-refractivity contribution in [1.29, 1.82) is 0 Å². The Morgan fingerprint density at radius 1 is 1.56 bits per heavy atom. The van der Waals surface area contributed by atoms with E-state index < -0.39 is 6.10 Å². The lowest BCUT2D eigenvalue weighted by Crippen LogP contribution is -2.11. The van der Waals surface area contributed by atoms with Gasteiger partial charge in [0.1, 0.15) is 5.82 Å². The third-order valence-corrected chi connectivity index (χ3v) is 2.85. The number of hydrogen-bond acceptors (Lipinski definition) is 1. The molecule has 0 aliphatic heterocycles. The van der Waals surface area contributed by atoms with Crippen molar-refractivity contribution in [2.24, 2.45) is 0 Å². The maximum atomic E-state index is 12.8. The maximum absolute atomic E-state index is 12.8. The van der Waals surface area contributed by atoms with Crippen LogP contribution < -0.4 is 0 Å². The van der Waals surface area contributed by atoms with E-state index in [2.05, 4.69) is 6.58 Å². The van der Waals surface area contributed by atoms with Crippen LogP contribution in [0.2, 0.25) is 5.02 Å². The molecule has 0 aromatic heterocycles. The first-order valence-corrected chi connectivity index (χ1v) is 5.69. The molecule has 1 rings (SSSR count). The first-order valence-electron chi connectivity index (χ1n) is 5.31. The van der Waals surface area contributed by atoms with Gasteiger partial charge in [-0.1, -0.05) is 36.7 Å². The summed E-state index contributed by atoms with van der Waals surface area (Å²) in [4.78, 5) is 0. The Kier molecular flexibility index (Phi) is 4.97. The lowest BCUT2D eigenvalue weighted by Gasteiger charge is -2.12. The van der Waals surface area contributed by atoms with Crippen LogP contribution in [0.5, 0.6) is 0 Å². The Morgan fingerprint density at radius 3 is 2.81 bits per heavy atom. The van der Waals surface area contributed by atoms with E-state index in [1.807, 2.05) is 6.92 Å². The van der Waals surface area contributed by atoms with Crippen molar-refractivity contribution in [3.05, 3.63) is 46.8 Å². The summed E-state index contributed by atoms with van der Waals surface area (Å²) in [5.74, 6) is -0.360. The van der Waals surface area contributed by atoms with Gasteiger partial charge >= 0.3 is 0 Å². The van der Waals surface area contributed by atoms with Gasteiger partial charge in [0, 0.05) is 11.4 Å². The molecule has 1 aromatic rings. The van der Waals surface area contributed by atoms with Gasteiger partial charge in [0.25, 0.3) is 0 Å². The van der Waals surface area contributed by atoms with E-state index >= 15 is 0 Å². The van der Waals surface area contributed by atoms with E-state index in [1.165, 1.54) is 12.1 Å². The minimum atomic E-state index is -0.504. The normalized spacial score (nSPS) is 12.5. The number of aliphatic hydroxyl groups excluding tert-OH is 1. The summed E-state index contributed by atoms with van der Waals surface area (Å²) in [6.45, 7) is 5.84. The van der Waals surface area contributed by atoms with E-state index in [4.69, 9.17) is 11.6 Å². The van der Waals surface area contributed by atoms with Crippen molar-refractivity contribution in [1.82, 2.24) is 0 Å². The fraction of sp³-hybridized carbons (Fsp3) is 0.385. The highest BCUT2D eigenvalue weighted by molar-refractivity contribution is 6.31. The number of hydrogen-bond donors (Lipinski definition) is 1. The molecular formula is C13H16ClFO. The molecule has 0 bridgehead atoms. The molecule has 16 heavy (non-hydrogen) atoms. The zero-order valence-electron chi connectivity index (χ0n) is 9.34. The topological polar surface area (TPSA) is 20.2 Å². The molecule has 1 unspecified atom stereocenters. The summed E-state index contributed by atoms with van der Waals surface area (Å²) < 4.78 is 12.8. The first-order chi connectivity index (χ1) is 7.52. The maximum Gasteiger partial charge on any atom is 0.124 e. The predicted octanol–water partition coefficient (Wildman–Crippen LogP) is 3.74. The van der Waals surface area contributed by atoms with E-state index in [0.29, 0.717) is 17.9 Å². The molecule has 88 valence electrons. The molecule has 0 saturated heterocycles. The summed E-state index contributed by atoms with van der Waals surface area (Å²) in [6.07, 6.45) is 1.34. The van der Waals surface area contributed by atoms with Crippen molar-refractivity contribution in [3.63, 3.8) is 0 Å². The van der Waals surface area contributed by atoms with Crippen molar-refractivity contribution in [2.45, 2.75) is 32.3 Å². The Labute approximate surface area is 101 Å². The van der Waals surface area contributed by atoms with Gasteiger partial charge in [0.05, 0.1) is 6.10 Å². The molecule has 0 radical (unpaired) electrons. The second kappa shape index (κ2) is 6.02. The highest BCUT2D eigenvalue weighted by Gasteiger charge is 2.10. The van der Waals surface area contributed by atoms with E-state index in [0.717, 1.165) is 17.6 Å². The smallest absolute Gasteiger partial charge is 0.124 e. The van der Waals surface area contributed by atoms with Gasteiger partial charge in [-0.3, -0.25) is 0 Å². The zero-order chi connectivity index (χ0) is 12.1. The molecule has 1 nitrogen and oxygen atoms in total. The van der Waals surface area contributed by atoms with Crippen LogP contribution >= 0.6 is 11.6 Å². The predicted molar refractivity (Wildman–Crippen MR) is 65.2 cm³/mol. The summed E-state index contributed by atoms with van der Waals surface area (Å²) in [7, 11) is 0. The molecule has 0 saturated carbocycles. The highest BCUT2D eigenvalue weighted by atomic mass is 35.5. The monoisotopic (exact) mass is 242 g/mol. The largest absolute Gasteiger partial charge is 0.392 e. The van der Waals surface area contributed by atoms with Crippen LogP contribution in [0, 0.1) is 5.82 Å². The molecule has 1 N–H and O–H groups in total. The van der Waals surface area contributed by atoms with Crippen LogP contribution in [0.1, 0.15) is 25.3 Å². The van der Waals surface area contributed by atoms with Gasteiger partial charge in [0.15, 0.2) is 0 Å². The van der Waals surface area contributed by atoms with Crippen LogP contribution in [0.4, 0.5) is 4.39 Å². The van der Waals surface area contributed by atoms with E-state index in [-0.39, 0.29) is 5.82 Å². The van der Waals surface area contributed by atoms with Crippen molar-refractivity contribution in [3.8, 4) is 0 Å². The molecule has 3 heteroatoms. The van der Waals surface area contributed by atoms with Crippen LogP contribution in [0.3, 0.4) is 0 Å². The SMILES string of the molecule is C=C(CC)CC(O)Cc1ccc(F)cc1Cl. The van der Waals surface area contributed by atoms with Gasteiger partial charge in [-0.2, -0.15) is 0 Å². The van der Waals surface area contributed by atoms with Crippen LogP contribution in [-0.4, -0.2) is 11.2 Å². The van der Waals surface area contributed by atoms with Gasteiger partial charge in [-0.25, -0.2) is 4.39 Å². The summed E-state index contributed by atoms with van der Waals surface area (Å²) in [5, 5.41) is 10.1. The van der Waals surface area contributed by atoms with Gasteiger partial charge < -0.3 is 5.11 Å². The fourth-order valence-corrected chi connectivity index (χ4v) is 1.74. The molecule has 0 spiro atoms. The lowest BCUT2D eigenvalue weighted by atomic mass is 10.0. The number of benzene rings is 1. The molecule has 0 aliphatic carbocycles. The first kappa shape index (κ1) is 13.2. The highest BCUT2D eigenvalue weighted by Crippen LogP contribution is 2.20. The second-order valence-electron chi connectivity index (χ2n) is 3.90. The zero-order valence-corrected chi connectivity index (χ0v) is 10.1. The molecule has 0 amide bonds. The average Bonchev–Trinajstić information content (AvgIpc) is 2.22. The summed E-state index contributed by atoms with van der Waals surface area (Å²) >= 11 is 5.87. The summed E-state index contributed by atoms with van der Waals surface area (Å²) in [6, 6.07) is 4.22. The standard InChI is InChI=1S/C13H16ClFO/c1-3-9(2)6-12(16)7-10-4-5-11(15)8-13(10)14/h4-5,8,12,16H,2-3,6-7H2,1H3. The van der Waals surface area contributed by atoms with Crippen LogP contribution in [-0.2, 0) is 6.42 Å². The third-order valence-electron chi connectivity index (χ3n) is 2.49. The number of rotatable bonds is 5. The minimum Gasteiger partial charge on any atom is -0.392 e. The number of halogens is 2. The Bertz CT molecular complexity index is 376. The Morgan fingerprint density at radius 2 is 2.25 bits per heavy atom. The van der Waals surface area contributed by atoms with Crippen molar-refractivity contribution >= 4 is 11.6 Å². The molecule has 1 aromatic carbocycles. The number of aliphatic hydroxyl groups is 1. The molecule has 0 heterocycles. The molecular weight excluding hydrogens is 227 g/mol. The Hall–Kier alpha value is -0.860.